The van der Waals surface area contributed by atoms with Gasteiger partial charge in [0.25, 0.3) is 0 Å². The topological polar surface area (TPSA) is 30.5 Å². The zero-order chi connectivity index (χ0) is 11.7. The lowest BCUT2D eigenvalue weighted by Crippen LogP contribution is -2.27. The van der Waals surface area contributed by atoms with Crippen LogP contribution in [0, 0.1) is 5.92 Å². The lowest BCUT2D eigenvalue weighted by molar-refractivity contribution is -0.323. The molecule has 0 atom stereocenters. The summed E-state index contributed by atoms with van der Waals surface area (Å²) in [6.45, 7) is 5.58. The third-order valence-electron chi connectivity index (χ3n) is 1.42. The maximum Gasteiger partial charge on any atom is 0.522 e. The summed E-state index contributed by atoms with van der Waals surface area (Å²) in [5.74, 6) is 0.471. The lowest BCUT2D eigenvalue weighted by Gasteiger charge is -2.09. The van der Waals surface area contributed by atoms with Crippen LogP contribution in [0.5, 0.6) is 0 Å². The summed E-state index contributed by atoms with van der Waals surface area (Å²) in [4.78, 5) is 0. The van der Waals surface area contributed by atoms with E-state index in [-0.39, 0.29) is 13.2 Å². The number of hydrogen-bond acceptors (Lipinski definition) is 3. The molecule has 0 bridgehead atoms. The minimum absolute atomic E-state index is 0.171. The Labute approximate surface area is 87.9 Å². The molecule has 0 aromatic carbocycles. The van der Waals surface area contributed by atoms with Crippen LogP contribution in [0.15, 0.2) is 0 Å². The Balaban J connectivity index is 3.06. The first-order valence-electron chi connectivity index (χ1n) is 4.91. The van der Waals surface area contributed by atoms with Crippen LogP contribution in [0.2, 0.25) is 0 Å². The van der Waals surface area contributed by atoms with Gasteiger partial charge in [-0.25, -0.2) is 0 Å². The van der Waals surface area contributed by atoms with E-state index < -0.39 is 6.36 Å². The quantitative estimate of drug-likeness (QED) is 0.644. The summed E-state index contributed by atoms with van der Waals surface area (Å²) < 4.78 is 43.3. The van der Waals surface area contributed by atoms with Crippen molar-refractivity contribution >= 4 is 0 Å². The molecule has 0 aliphatic heterocycles. The third kappa shape index (κ3) is 13.7. The minimum Gasteiger partial charge on any atom is -0.380 e. The van der Waals surface area contributed by atoms with Crippen molar-refractivity contribution in [3.05, 3.63) is 0 Å². The Morgan fingerprint density at radius 2 is 1.73 bits per heavy atom. The van der Waals surface area contributed by atoms with Gasteiger partial charge in [-0.2, -0.15) is 0 Å². The molecule has 0 heterocycles. The van der Waals surface area contributed by atoms with Gasteiger partial charge < -0.3 is 10.1 Å². The van der Waals surface area contributed by atoms with Crippen LogP contribution in [-0.2, 0) is 9.47 Å². The third-order valence-corrected chi connectivity index (χ3v) is 1.42. The normalized spacial score (nSPS) is 12.4. The van der Waals surface area contributed by atoms with E-state index >= 15 is 0 Å². The number of nitrogens with one attached hydrogen (secondary N) is 1. The van der Waals surface area contributed by atoms with E-state index in [0.717, 1.165) is 0 Å². The smallest absolute Gasteiger partial charge is 0.380 e. The fourth-order valence-electron chi connectivity index (χ4n) is 0.827. The van der Waals surface area contributed by atoms with Crippen LogP contribution in [0.4, 0.5) is 13.2 Å². The van der Waals surface area contributed by atoms with Gasteiger partial charge in [-0.05, 0) is 5.92 Å². The molecular weight excluding hydrogens is 211 g/mol. The van der Waals surface area contributed by atoms with E-state index in [1.165, 1.54) is 0 Å². The highest BCUT2D eigenvalue weighted by atomic mass is 19.4. The molecule has 0 aliphatic rings. The average molecular weight is 229 g/mol. The second kappa shape index (κ2) is 7.90. The first-order chi connectivity index (χ1) is 6.92. The van der Waals surface area contributed by atoms with Crippen molar-refractivity contribution in [2.45, 2.75) is 20.2 Å². The van der Waals surface area contributed by atoms with Crippen LogP contribution in [0.1, 0.15) is 13.8 Å². The molecule has 6 heteroatoms. The van der Waals surface area contributed by atoms with Crippen molar-refractivity contribution in [2.24, 2.45) is 5.92 Å². The van der Waals surface area contributed by atoms with Crippen LogP contribution in [-0.4, -0.2) is 39.3 Å². The van der Waals surface area contributed by atoms with Gasteiger partial charge in [0.05, 0.1) is 13.2 Å². The van der Waals surface area contributed by atoms with Gasteiger partial charge in [0.2, 0.25) is 0 Å². The van der Waals surface area contributed by atoms with E-state index in [1.807, 2.05) is 13.8 Å². The average Bonchev–Trinajstić information content (AvgIpc) is 2.07. The molecule has 92 valence electrons. The second-order valence-electron chi connectivity index (χ2n) is 3.51. The minimum atomic E-state index is -4.53. The van der Waals surface area contributed by atoms with Crippen molar-refractivity contribution < 1.29 is 22.6 Å². The van der Waals surface area contributed by atoms with E-state index in [1.54, 1.807) is 0 Å². The summed E-state index contributed by atoms with van der Waals surface area (Å²) in [6, 6.07) is 0. The number of rotatable bonds is 8. The molecule has 15 heavy (non-hydrogen) atoms. The fourth-order valence-corrected chi connectivity index (χ4v) is 0.827. The van der Waals surface area contributed by atoms with Crippen molar-refractivity contribution in [3.8, 4) is 0 Å². The standard InChI is InChI=1S/C9H18F3NO2/c1-8(2)7-14-5-3-13-4-6-15-9(10,11)12/h8,13H,3-7H2,1-2H3. The summed E-state index contributed by atoms with van der Waals surface area (Å²) >= 11 is 0. The summed E-state index contributed by atoms with van der Waals surface area (Å²) in [5, 5.41) is 2.78. The Bertz CT molecular complexity index is 151. The number of hydrogen-bond donors (Lipinski definition) is 1. The molecular formula is C9H18F3NO2. The molecule has 0 saturated carbocycles. The van der Waals surface area contributed by atoms with Gasteiger partial charge in [-0.3, -0.25) is 4.74 Å². The van der Waals surface area contributed by atoms with Crippen molar-refractivity contribution in [3.63, 3.8) is 0 Å². The van der Waals surface area contributed by atoms with Crippen molar-refractivity contribution in [2.75, 3.05) is 32.9 Å². The van der Waals surface area contributed by atoms with Crippen LogP contribution < -0.4 is 5.32 Å². The lowest BCUT2D eigenvalue weighted by atomic mass is 10.2. The largest absolute Gasteiger partial charge is 0.522 e. The van der Waals surface area contributed by atoms with E-state index in [9.17, 15) is 13.2 Å². The molecule has 0 spiro atoms. The molecule has 0 aromatic rings. The van der Waals surface area contributed by atoms with Gasteiger partial charge in [0.15, 0.2) is 0 Å². The van der Waals surface area contributed by atoms with E-state index in [2.05, 4.69) is 10.1 Å². The molecule has 0 fully saturated rings. The van der Waals surface area contributed by atoms with Gasteiger partial charge in [-0.15, -0.1) is 13.2 Å². The summed E-state index contributed by atoms with van der Waals surface area (Å²) in [6.07, 6.45) is -4.53. The zero-order valence-electron chi connectivity index (χ0n) is 9.06. The van der Waals surface area contributed by atoms with Gasteiger partial charge in [-0.1, -0.05) is 13.8 Å². The maximum absolute atomic E-state index is 11.5. The molecule has 0 unspecified atom stereocenters. The SMILES string of the molecule is CC(C)COCCNCCOC(F)(F)F. The Morgan fingerprint density at radius 1 is 1.13 bits per heavy atom. The predicted molar refractivity (Wildman–Crippen MR) is 50.5 cm³/mol. The number of ether oxygens (including phenoxy) is 2. The van der Waals surface area contributed by atoms with E-state index in [4.69, 9.17) is 4.74 Å². The van der Waals surface area contributed by atoms with E-state index in [0.29, 0.717) is 25.7 Å². The predicted octanol–water partition coefficient (Wildman–Crippen LogP) is 1.79. The van der Waals surface area contributed by atoms with Gasteiger partial charge >= 0.3 is 6.36 Å². The monoisotopic (exact) mass is 229 g/mol. The Morgan fingerprint density at radius 3 is 2.27 bits per heavy atom. The first kappa shape index (κ1) is 14.7. The molecule has 0 rings (SSSR count). The van der Waals surface area contributed by atoms with Crippen LogP contribution >= 0.6 is 0 Å². The molecule has 3 nitrogen and oxygen atoms in total. The zero-order valence-corrected chi connectivity index (χ0v) is 9.06. The van der Waals surface area contributed by atoms with Crippen LogP contribution in [0.3, 0.4) is 0 Å². The first-order valence-corrected chi connectivity index (χ1v) is 4.91. The summed E-state index contributed by atoms with van der Waals surface area (Å²) in [5.41, 5.74) is 0. The molecule has 1 N–H and O–H groups in total. The molecule has 0 radical (unpaired) electrons. The fraction of sp³-hybridized carbons (Fsp3) is 1.00. The van der Waals surface area contributed by atoms with Crippen molar-refractivity contribution in [1.82, 2.24) is 5.32 Å². The number of alkyl halides is 3. The van der Waals surface area contributed by atoms with Crippen molar-refractivity contribution in [1.29, 1.82) is 0 Å². The highest BCUT2D eigenvalue weighted by molar-refractivity contribution is 4.46. The summed E-state index contributed by atoms with van der Waals surface area (Å²) in [7, 11) is 0. The number of halogens is 3. The van der Waals surface area contributed by atoms with Crippen LogP contribution in [0.25, 0.3) is 0 Å². The molecule has 0 aromatic heterocycles. The second-order valence-corrected chi connectivity index (χ2v) is 3.51. The highest BCUT2D eigenvalue weighted by Crippen LogP contribution is 2.14. The molecule has 0 aliphatic carbocycles. The maximum atomic E-state index is 11.5. The molecule has 0 saturated heterocycles. The van der Waals surface area contributed by atoms with Gasteiger partial charge in [0.1, 0.15) is 0 Å². The Hall–Kier alpha value is -0.330. The van der Waals surface area contributed by atoms with Gasteiger partial charge in [0, 0.05) is 19.7 Å². The highest BCUT2D eigenvalue weighted by Gasteiger charge is 2.28. The molecule has 0 amide bonds. The Kier molecular flexibility index (Phi) is 7.72.